The first-order valence-corrected chi connectivity index (χ1v) is 18.8. The molecule has 0 spiro atoms. The van der Waals surface area contributed by atoms with E-state index < -0.39 is 34.8 Å². The van der Waals surface area contributed by atoms with Crippen LogP contribution in [0, 0.1) is 0 Å². The van der Waals surface area contributed by atoms with Gasteiger partial charge in [-0.25, -0.2) is 9.59 Å². The Balaban J connectivity index is 0.00000102. The summed E-state index contributed by atoms with van der Waals surface area (Å²) in [5, 5.41) is 50.1. The third-order valence-electron chi connectivity index (χ3n) is 9.04. The molecular formula is C44H63IO9. The van der Waals surface area contributed by atoms with Gasteiger partial charge < -0.3 is 25.5 Å². The first-order valence-electron chi connectivity index (χ1n) is 18.8. The summed E-state index contributed by atoms with van der Waals surface area (Å²) in [6.07, 6.45) is 17.8. The lowest BCUT2D eigenvalue weighted by Gasteiger charge is -2.19. The smallest absolute Gasteiger partial charge is 0.339 e. The van der Waals surface area contributed by atoms with Crippen LogP contribution in [0.1, 0.15) is 154 Å². The van der Waals surface area contributed by atoms with Gasteiger partial charge in [0.15, 0.2) is 0 Å². The average Bonchev–Trinajstić information content (AvgIpc) is 3.06. The van der Waals surface area contributed by atoms with E-state index in [-0.39, 0.29) is 70.6 Å². The Morgan fingerprint density at radius 3 is 1.59 bits per heavy atom. The van der Waals surface area contributed by atoms with Gasteiger partial charge in [0.1, 0.15) is 28.4 Å². The number of ketones is 2. The summed E-state index contributed by atoms with van der Waals surface area (Å²) in [7, 11) is 0. The predicted molar refractivity (Wildman–Crippen MR) is 227 cm³/mol. The van der Waals surface area contributed by atoms with Crippen molar-refractivity contribution < 1.29 is 44.7 Å². The van der Waals surface area contributed by atoms with Crippen molar-refractivity contribution in [2.45, 2.75) is 145 Å². The zero-order valence-corrected chi connectivity index (χ0v) is 35.9. The van der Waals surface area contributed by atoms with Crippen LogP contribution in [-0.2, 0) is 27.2 Å². The van der Waals surface area contributed by atoms with Crippen LogP contribution in [0.25, 0.3) is 0 Å². The first kappa shape index (κ1) is 50.1. The number of aliphatic carboxylic acids is 1. The lowest BCUT2D eigenvalue weighted by Crippen LogP contribution is -2.29. The normalized spacial score (nSPS) is 13.3. The number of aromatic carboxylic acids is 1. The number of halogens is 1. The van der Waals surface area contributed by atoms with Crippen LogP contribution >= 0.6 is 24.0 Å². The number of hydrogen-bond donors (Lipinski definition) is 5. The zero-order chi connectivity index (χ0) is 40.2. The van der Waals surface area contributed by atoms with Crippen molar-refractivity contribution >= 4 is 47.5 Å². The molecule has 0 heterocycles. The molecule has 2 rings (SSSR count). The maximum atomic E-state index is 12.4. The largest absolute Gasteiger partial charge is 0.508 e. The van der Waals surface area contributed by atoms with Crippen molar-refractivity contribution in [1.82, 2.24) is 0 Å². The van der Waals surface area contributed by atoms with Crippen molar-refractivity contribution in [1.29, 1.82) is 0 Å². The molecule has 0 aliphatic heterocycles. The van der Waals surface area contributed by atoms with E-state index >= 15 is 0 Å². The van der Waals surface area contributed by atoms with E-state index in [0.29, 0.717) is 24.8 Å². The van der Waals surface area contributed by atoms with Crippen molar-refractivity contribution in [2.75, 3.05) is 0 Å². The number of carboxylic acids is 2. The standard InChI is InChI=1S/C22H30O5.C22H32O4.HI/c1-5-6-7-11-16-18(22(26)27)19(23)17(21(25)20(16)24)13-12-15(4)10-8-9-14(2)3;1-5-6-7-11-17-14-19(23)18(21(24)20(17)22(25)26)13-12-16(4)10-8-9-15(2)3;/h9,12,23H,5-8,10-11,13H2,1-4H3,(H,26,27);9,12,14,23-24H,5-8,10-11,13H2,1-4H3,(H,25,26);1H/b15-12+;16-12+;. The number of aliphatic hydroxyl groups excluding tert-OH is 1. The molecule has 0 unspecified atom stereocenters. The van der Waals surface area contributed by atoms with E-state index in [2.05, 4.69) is 32.9 Å². The summed E-state index contributed by atoms with van der Waals surface area (Å²) < 4.78 is 0. The number of allylic oxidation sites excluding steroid dienone is 10. The van der Waals surface area contributed by atoms with Gasteiger partial charge in [-0.3, -0.25) is 9.59 Å². The summed E-state index contributed by atoms with van der Waals surface area (Å²) >= 11 is 0. The van der Waals surface area contributed by atoms with Crippen LogP contribution in [0.3, 0.4) is 0 Å². The molecule has 0 fully saturated rings. The quantitative estimate of drug-likeness (QED) is 0.0281. The van der Waals surface area contributed by atoms with Crippen molar-refractivity contribution in [3.05, 3.63) is 91.8 Å². The van der Waals surface area contributed by atoms with Crippen LogP contribution in [0.4, 0.5) is 0 Å². The molecule has 0 atom stereocenters. The van der Waals surface area contributed by atoms with Crippen LogP contribution in [0.2, 0.25) is 0 Å². The summed E-state index contributed by atoms with van der Waals surface area (Å²) in [4.78, 5) is 48.1. The molecule has 0 aromatic heterocycles. The molecule has 0 amide bonds. The number of aryl methyl sites for hydroxylation is 1. The number of carbonyl (C=O) groups is 4. The second-order valence-electron chi connectivity index (χ2n) is 14.3. The summed E-state index contributed by atoms with van der Waals surface area (Å²) in [6, 6.07) is 1.50. The molecule has 5 N–H and O–H groups in total. The van der Waals surface area contributed by atoms with Gasteiger partial charge in [-0.1, -0.05) is 86.1 Å². The van der Waals surface area contributed by atoms with E-state index in [0.717, 1.165) is 68.9 Å². The van der Waals surface area contributed by atoms with Crippen molar-refractivity contribution in [2.24, 2.45) is 0 Å². The number of aromatic hydroxyl groups is 2. The molecule has 0 radical (unpaired) electrons. The lowest BCUT2D eigenvalue weighted by molar-refractivity contribution is -0.135. The van der Waals surface area contributed by atoms with Crippen LogP contribution in [0.15, 0.2) is 75.1 Å². The Hall–Kier alpha value is -3.93. The average molecular weight is 863 g/mol. The molecule has 1 aliphatic carbocycles. The van der Waals surface area contributed by atoms with Gasteiger partial charge in [0.2, 0.25) is 11.6 Å². The Kier molecular flexibility index (Phi) is 24.1. The number of benzene rings is 1. The number of unbranched alkanes of at least 4 members (excludes halogenated alkanes) is 4. The molecule has 9 nitrogen and oxygen atoms in total. The lowest BCUT2D eigenvalue weighted by atomic mass is 9.84. The molecule has 1 aliphatic rings. The number of hydrogen-bond acceptors (Lipinski definition) is 7. The van der Waals surface area contributed by atoms with Gasteiger partial charge in [-0.2, -0.15) is 0 Å². The highest BCUT2D eigenvalue weighted by atomic mass is 127. The molecule has 0 bridgehead atoms. The maximum absolute atomic E-state index is 12.4. The molecule has 0 saturated carbocycles. The highest BCUT2D eigenvalue weighted by Crippen LogP contribution is 2.36. The third kappa shape index (κ3) is 16.6. The van der Waals surface area contributed by atoms with E-state index in [9.17, 15) is 44.7 Å². The van der Waals surface area contributed by atoms with Crippen LogP contribution in [0.5, 0.6) is 11.5 Å². The van der Waals surface area contributed by atoms with Crippen LogP contribution in [-0.4, -0.2) is 49.0 Å². The first-order chi connectivity index (χ1) is 25.0. The SMILES string of the molecule is CCCCCC1=C(C(=O)O)C(O)=C(C/C=C(\C)CCC=C(C)C)C(=O)C1=O.CCCCCc1cc(O)c(C/C=C(\C)CCC=C(C)C)c(O)c1C(=O)O.I. The second-order valence-corrected chi connectivity index (χ2v) is 14.3. The number of phenols is 2. The Labute approximate surface area is 339 Å². The molecular weight excluding hydrogens is 799 g/mol. The predicted octanol–water partition coefficient (Wildman–Crippen LogP) is 11.4. The summed E-state index contributed by atoms with van der Waals surface area (Å²) in [5.74, 6) is -5.03. The zero-order valence-electron chi connectivity index (χ0n) is 33.6. The number of carboxylic acid groups (broad SMARTS) is 2. The third-order valence-corrected chi connectivity index (χ3v) is 9.04. The van der Waals surface area contributed by atoms with Gasteiger partial charge in [-0.05, 0) is 117 Å². The fourth-order valence-corrected chi connectivity index (χ4v) is 5.88. The molecule has 54 heavy (non-hydrogen) atoms. The van der Waals surface area contributed by atoms with Crippen LogP contribution < -0.4 is 0 Å². The van der Waals surface area contributed by atoms with Gasteiger partial charge >= 0.3 is 11.9 Å². The highest BCUT2D eigenvalue weighted by molar-refractivity contribution is 14.0. The van der Waals surface area contributed by atoms with Gasteiger partial charge in [0.25, 0.3) is 0 Å². The highest BCUT2D eigenvalue weighted by Gasteiger charge is 2.37. The fraction of sp³-hybridized carbons (Fsp3) is 0.500. The van der Waals surface area contributed by atoms with Gasteiger partial charge in [0, 0.05) is 11.1 Å². The van der Waals surface area contributed by atoms with Gasteiger partial charge in [0.05, 0.1) is 5.57 Å². The fourth-order valence-electron chi connectivity index (χ4n) is 5.88. The van der Waals surface area contributed by atoms with E-state index in [4.69, 9.17) is 0 Å². The monoisotopic (exact) mass is 862 g/mol. The van der Waals surface area contributed by atoms with Crippen molar-refractivity contribution in [3.63, 3.8) is 0 Å². The Morgan fingerprint density at radius 2 is 1.13 bits per heavy atom. The number of rotatable bonds is 20. The summed E-state index contributed by atoms with van der Waals surface area (Å²) in [6.45, 7) is 16.1. The minimum atomic E-state index is -1.37. The molecule has 300 valence electrons. The number of carbonyl (C=O) groups excluding carboxylic acids is 2. The molecule has 0 saturated heterocycles. The minimum absolute atomic E-state index is 0. The molecule has 10 heteroatoms. The Morgan fingerprint density at radius 1 is 0.648 bits per heavy atom. The van der Waals surface area contributed by atoms with E-state index in [1.165, 1.54) is 17.2 Å². The van der Waals surface area contributed by atoms with E-state index in [1.54, 1.807) is 6.08 Å². The number of Topliss-reactive ketones (excluding diaryl/α,β-unsaturated/α-hetero) is 2. The second kappa shape index (κ2) is 26.0. The maximum Gasteiger partial charge on any atom is 0.339 e. The topological polar surface area (TPSA) is 169 Å². The number of phenolic OH excluding ortho intramolecular Hbond substituents is 1. The summed E-state index contributed by atoms with van der Waals surface area (Å²) in [5.41, 5.74) is 4.74. The van der Waals surface area contributed by atoms with E-state index in [1.807, 2.05) is 40.7 Å². The number of aliphatic hydroxyl groups is 1. The Bertz CT molecular complexity index is 1660. The van der Waals surface area contributed by atoms with Gasteiger partial charge in [-0.15, -0.1) is 24.0 Å². The molecule has 1 aromatic rings. The minimum Gasteiger partial charge on any atom is -0.508 e. The van der Waals surface area contributed by atoms with Crippen molar-refractivity contribution in [3.8, 4) is 11.5 Å². The molecule has 1 aromatic carbocycles.